The van der Waals surface area contributed by atoms with Gasteiger partial charge < -0.3 is 10.1 Å². The highest BCUT2D eigenvalue weighted by Gasteiger charge is 2.25. The van der Waals surface area contributed by atoms with Gasteiger partial charge in [-0.15, -0.1) is 0 Å². The van der Waals surface area contributed by atoms with Gasteiger partial charge in [0.1, 0.15) is 5.75 Å². The normalized spacial score (nSPS) is 13.4. The molecule has 0 fully saturated rings. The third-order valence-corrected chi connectivity index (χ3v) is 5.02. The van der Waals surface area contributed by atoms with E-state index in [1.807, 2.05) is 6.92 Å². The molecule has 1 aromatic rings. The van der Waals surface area contributed by atoms with Gasteiger partial charge in [0.15, 0.2) is 9.84 Å². The average molecular weight is 257 g/mol. The van der Waals surface area contributed by atoms with Crippen molar-refractivity contribution in [1.82, 2.24) is 5.32 Å². The molecule has 4 nitrogen and oxygen atoms in total. The van der Waals surface area contributed by atoms with E-state index in [4.69, 9.17) is 4.74 Å². The molecule has 1 N–H and O–H groups in total. The topological polar surface area (TPSA) is 55.4 Å². The van der Waals surface area contributed by atoms with Crippen molar-refractivity contribution < 1.29 is 13.2 Å². The third-order valence-electron chi connectivity index (χ3n) is 2.71. The predicted molar refractivity (Wildman–Crippen MR) is 68.2 cm³/mol. The van der Waals surface area contributed by atoms with Crippen LogP contribution in [0.3, 0.4) is 0 Å². The Kier molecular flexibility index (Phi) is 4.96. The van der Waals surface area contributed by atoms with E-state index >= 15 is 0 Å². The quantitative estimate of drug-likeness (QED) is 0.838. The summed E-state index contributed by atoms with van der Waals surface area (Å²) in [7, 11) is 0.0547. The summed E-state index contributed by atoms with van der Waals surface area (Å²) in [6.07, 6.45) is 0.592. The number of hydrogen-bond acceptors (Lipinski definition) is 4. The summed E-state index contributed by atoms with van der Waals surface area (Å²) in [6, 6.07) is 6.51. The molecule has 5 heteroatoms. The van der Waals surface area contributed by atoms with Crippen molar-refractivity contribution in [1.29, 1.82) is 0 Å². The van der Waals surface area contributed by atoms with Crippen molar-refractivity contribution in [2.75, 3.05) is 20.7 Å². The smallest absolute Gasteiger partial charge is 0.182 e. The van der Waals surface area contributed by atoms with Crippen LogP contribution in [0.1, 0.15) is 13.3 Å². The van der Waals surface area contributed by atoms with Crippen molar-refractivity contribution in [3.63, 3.8) is 0 Å². The van der Waals surface area contributed by atoms with Crippen molar-refractivity contribution in [3.8, 4) is 5.75 Å². The molecule has 1 rings (SSSR count). The van der Waals surface area contributed by atoms with Crippen LogP contribution in [0.5, 0.6) is 5.75 Å². The van der Waals surface area contributed by atoms with Crippen LogP contribution in [-0.4, -0.2) is 34.4 Å². The van der Waals surface area contributed by atoms with Crippen molar-refractivity contribution in [2.24, 2.45) is 0 Å². The minimum Gasteiger partial charge on any atom is -0.497 e. The van der Waals surface area contributed by atoms with Crippen molar-refractivity contribution in [3.05, 3.63) is 24.3 Å². The maximum Gasteiger partial charge on any atom is 0.182 e. The van der Waals surface area contributed by atoms with Crippen LogP contribution in [0.4, 0.5) is 0 Å². The van der Waals surface area contributed by atoms with Crippen LogP contribution < -0.4 is 10.1 Å². The number of methoxy groups -OCH3 is 1. The second-order valence-corrected chi connectivity index (χ2v) is 6.04. The van der Waals surface area contributed by atoms with Crippen LogP contribution in [0.2, 0.25) is 0 Å². The van der Waals surface area contributed by atoms with E-state index in [9.17, 15) is 8.42 Å². The lowest BCUT2D eigenvalue weighted by molar-refractivity contribution is 0.414. The summed E-state index contributed by atoms with van der Waals surface area (Å²) in [6.45, 7) is 2.34. The summed E-state index contributed by atoms with van der Waals surface area (Å²) in [5.74, 6) is 0.658. The van der Waals surface area contributed by atoms with Crippen molar-refractivity contribution >= 4 is 9.84 Å². The molecule has 0 aliphatic heterocycles. The molecule has 0 radical (unpaired) electrons. The number of rotatable bonds is 6. The van der Waals surface area contributed by atoms with Gasteiger partial charge in [-0.1, -0.05) is 6.92 Å². The lowest BCUT2D eigenvalue weighted by Crippen LogP contribution is -2.31. The molecule has 0 aliphatic carbocycles. The Hall–Kier alpha value is -1.07. The first kappa shape index (κ1) is 14.0. The van der Waals surface area contributed by atoms with Gasteiger partial charge in [-0.2, -0.15) is 0 Å². The highest BCUT2D eigenvalue weighted by Crippen LogP contribution is 2.20. The first-order valence-electron chi connectivity index (χ1n) is 5.58. The van der Waals surface area contributed by atoms with Crippen molar-refractivity contribution in [2.45, 2.75) is 23.5 Å². The van der Waals surface area contributed by atoms with E-state index < -0.39 is 9.84 Å². The van der Waals surface area contributed by atoms with Crippen LogP contribution in [0.25, 0.3) is 0 Å². The minimum absolute atomic E-state index is 0.348. The van der Waals surface area contributed by atoms with Gasteiger partial charge in [0.05, 0.1) is 17.3 Å². The van der Waals surface area contributed by atoms with E-state index in [1.54, 1.807) is 38.4 Å². The van der Waals surface area contributed by atoms with Crippen LogP contribution >= 0.6 is 0 Å². The lowest BCUT2D eigenvalue weighted by Gasteiger charge is -2.15. The molecule has 0 amide bonds. The minimum atomic E-state index is -3.26. The first-order valence-corrected chi connectivity index (χ1v) is 7.13. The van der Waals surface area contributed by atoms with E-state index in [0.717, 1.165) is 0 Å². The Morgan fingerprint density at radius 2 is 1.88 bits per heavy atom. The van der Waals surface area contributed by atoms with E-state index in [1.165, 1.54) is 0 Å². The molecular weight excluding hydrogens is 238 g/mol. The van der Waals surface area contributed by atoms with E-state index in [-0.39, 0.29) is 5.25 Å². The molecule has 1 atom stereocenters. The summed E-state index contributed by atoms with van der Waals surface area (Å²) in [4.78, 5) is 0.348. The first-order chi connectivity index (χ1) is 8.06. The standard InChI is InChI=1S/C12H19NO3S/c1-4-11(9-13-2)17(14,15)12-7-5-10(16-3)6-8-12/h5-8,11,13H,4,9H2,1-3H3. The molecule has 1 aromatic carbocycles. The molecule has 0 saturated carbocycles. The molecule has 0 aliphatic rings. The molecule has 0 bridgehead atoms. The molecule has 17 heavy (non-hydrogen) atoms. The number of nitrogens with one attached hydrogen (secondary N) is 1. The second-order valence-electron chi connectivity index (χ2n) is 3.81. The highest BCUT2D eigenvalue weighted by molar-refractivity contribution is 7.92. The summed E-state index contributed by atoms with van der Waals surface area (Å²) in [5.41, 5.74) is 0. The Labute approximate surface area is 103 Å². The molecule has 0 spiro atoms. The largest absolute Gasteiger partial charge is 0.497 e. The van der Waals surface area contributed by atoms with Crippen LogP contribution in [-0.2, 0) is 9.84 Å². The summed E-state index contributed by atoms with van der Waals surface area (Å²) in [5, 5.41) is 2.53. The van der Waals surface area contributed by atoms with Gasteiger partial charge in [0, 0.05) is 6.54 Å². The molecule has 0 saturated heterocycles. The Morgan fingerprint density at radius 3 is 2.29 bits per heavy atom. The zero-order chi connectivity index (χ0) is 12.9. The predicted octanol–water partition coefficient (Wildman–Crippen LogP) is 1.47. The second kappa shape index (κ2) is 6.02. The number of ether oxygens (including phenoxy) is 1. The fourth-order valence-corrected chi connectivity index (χ4v) is 3.38. The van der Waals surface area contributed by atoms with Gasteiger partial charge in [-0.3, -0.25) is 0 Å². The fourth-order valence-electron chi connectivity index (χ4n) is 1.66. The maximum absolute atomic E-state index is 12.3. The van der Waals surface area contributed by atoms with Crippen LogP contribution in [0, 0.1) is 0 Å². The molecule has 0 heterocycles. The summed E-state index contributed by atoms with van der Waals surface area (Å²) >= 11 is 0. The Morgan fingerprint density at radius 1 is 1.29 bits per heavy atom. The summed E-state index contributed by atoms with van der Waals surface area (Å²) < 4.78 is 29.6. The fraction of sp³-hybridized carbons (Fsp3) is 0.500. The third kappa shape index (κ3) is 3.20. The molecule has 96 valence electrons. The van der Waals surface area contributed by atoms with Gasteiger partial charge >= 0.3 is 0 Å². The monoisotopic (exact) mass is 257 g/mol. The maximum atomic E-state index is 12.3. The number of hydrogen-bond donors (Lipinski definition) is 1. The van der Waals surface area contributed by atoms with Crippen LogP contribution in [0.15, 0.2) is 29.2 Å². The number of sulfone groups is 1. The molecular formula is C12H19NO3S. The number of benzene rings is 1. The lowest BCUT2D eigenvalue weighted by atomic mass is 10.3. The van der Waals surface area contributed by atoms with E-state index in [2.05, 4.69) is 5.32 Å². The van der Waals surface area contributed by atoms with Gasteiger partial charge in [0.25, 0.3) is 0 Å². The van der Waals surface area contributed by atoms with E-state index in [0.29, 0.717) is 23.6 Å². The van der Waals surface area contributed by atoms with Gasteiger partial charge in [-0.05, 0) is 37.7 Å². The molecule has 0 aromatic heterocycles. The zero-order valence-electron chi connectivity index (χ0n) is 10.4. The van der Waals surface area contributed by atoms with Gasteiger partial charge in [0.2, 0.25) is 0 Å². The SMILES string of the molecule is CCC(CNC)S(=O)(=O)c1ccc(OC)cc1. The zero-order valence-corrected chi connectivity index (χ0v) is 11.3. The highest BCUT2D eigenvalue weighted by atomic mass is 32.2. The average Bonchev–Trinajstić information content (AvgIpc) is 2.35. The Balaban J connectivity index is 3.02. The van der Waals surface area contributed by atoms with Gasteiger partial charge in [-0.25, -0.2) is 8.42 Å². The Bertz CT molecular complexity index is 439. The molecule has 1 unspecified atom stereocenters.